The van der Waals surface area contributed by atoms with Gasteiger partial charge in [0.25, 0.3) is 0 Å². The number of hydrogen-bond donors (Lipinski definition) is 2. The lowest BCUT2D eigenvalue weighted by atomic mass is 10.1. The number of carbonyl (C=O) groups is 1. The number of carbonyl (C=O) groups excluding carboxylic acids is 1. The van der Waals surface area contributed by atoms with E-state index in [1.807, 2.05) is 25.1 Å². The van der Waals surface area contributed by atoms with Crippen molar-refractivity contribution in [2.24, 2.45) is 4.99 Å². The minimum atomic E-state index is -0.0255. The Morgan fingerprint density at radius 3 is 2.68 bits per heavy atom. The van der Waals surface area contributed by atoms with Crippen LogP contribution in [0.2, 0.25) is 0 Å². The number of likely N-dealkylation sites (N-methyl/N-ethyl adjacent to an activating group) is 1. The van der Waals surface area contributed by atoms with Crippen LogP contribution in [0.5, 0.6) is 0 Å². The molecule has 1 fully saturated rings. The van der Waals surface area contributed by atoms with E-state index in [2.05, 4.69) is 37.6 Å². The van der Waals surface area contributed by atoms with Gasteiger partial charge in [-0.15, -0.1) is 24.0 Å². The first-order valence-electron chi connectivity index (χ1n) is 10.5. The van der Waals surface area contributed by atoms with Gasteiger partial charge in [0.2, 0.25) is 5.91 Å². The Balaban J connectivity index is 0.00000341. The summed E-state index contributed by atoms with van der Waals surface area (Å²) in [5, 5.41) is 6.84. The Kier molecular flexibility index (Phi) is 10.1. The number of nitrogens with zero attached hydrogens (tertiary/aromatic N) is 4. The number of hydrogen-bond acceptors (Lipinski definition) is 5. The van der Waals surface area contributed by atoms with Crippen LogP contribution in [0.15, 0.2) is 46.0 Å². The molecule has 1 aliphatic rings. The SMILES string of the molecule is Cc1cccc(N2CCC(NC(=NCC(=O)N(C)C)NCCc3ccco3)CC2)n1.I. The number of nitrogens with one attached hydrogen (secondary N) is 2. The minimum Gasteiger partial charge on any atom is -0.469 e. The molecular formula is C22H33IN6O2. The van der Waals surface area contributed by atoms with Crippen LogP contribution < -0.4 is 15.5 Å². The average molecular weight is 540 g/mol. The van der Waals surface area contributed by atoms with E-state index in [9.17, 15) is 4.79 Å². The minimum absolute atomic E-state index is 0. The lowest BCUT2D eigenvalue weighted by molar-refractivity contribution is -0.127. The van der Waals surface area contributed by atoms with Crippen molar-refractivity contribution < 1.29 is 9.21 Å². The van der Waals surface area contributed by atoms with Crippen molar-refractivity contribution in [2.75, 3.05) is 45.2 Å². The Morgan fingerprint density at radius 1 is 1.26 bits per heavy atom. The van der Waals surface area contributed by atoms with Crippen LogP contribution in [0.3, 0.4) is 0 Å². The average Bonchev–Trinajstić information content (AvgIpc) is 3.25. The van der Waals surface area contributed by atoms with Crippen molar-refractivity contribution in [3.63, 3.8) is 0 Å². The maximum atomic E-state index is 12.0. The number of aryl methyl sites for hydroxylation is 1. The highest BCUT2D eigenvalue weighted by atomic mass is 127. The van der Waals surface area contributed by atoms with Crippen LogP contribution in [-0.2, 0) is 11.2 Å². The number of guanidine groups is 1. The number of amides is 1. The first-order chi connectivity index (χ1) is 14.5. The van der Waals surface area contributed by atoms with Crippen LogP contribution in [0.1, 0.15) is 24.3 Å². The van der Waals surface area contributed by atoms with Crippen molar-refractivity contribution in [1.29, 1.82) is 0 Å². The molecule has 3 rings (SSSR count). The number of rotatable bonds is 7. The number of furan rings is 1. The Labute approximate surface area is 201 Å². The molecule has 170 valence electrons. The number of aromatic nitrogens is 1. The van der Waals surface area contributed by atoms with E-state index in [0.29, 0.717) is 18.5 Å². The summed E-state index contributed by atoms with van der Waals surface area (Å²) in [5.74, 6) is 2.60. The first-order valence-corrected chi connectivity index (χ1v) is 10.5. The second-order valence-electron chi connectivity index (χ2n) is 7.75. The van der Waals surface area contributed by atoms with Gasteiger partial charge >= 0.3 is 0 Å². The van der Waals surface area contributed by atoms with E-state index in [0.717, 1.165) is 49.6 Å². The third-order valence-corrected chi connectivity index (χ3v) is 5.15. The quantitative estimate of drug-likeness (QED) is 0.319. The highest BCUT2D eigenvalue weighted by Crippen LogP contribution is 2.18. The zero-order valence-electron chi connectivity index (χ0n) is 18.5. The molecule has 2 aromatic heterocycles. The summed E-state index contributed by atoms with van der Waals surface area (Å²) >= 11 is 0. The van der Waals surface area contributed by atoms with Gasteiger partial charge < -0.3 is 24.9 Å². The smallest absolute Gasteiger partial charge is 0.243 e. The number of pyridine rings is 1. The highest BCUT2D eigenvalue weighted by molar-refractivity contribution is 14.0. The van der Waals surface area contributed by atoms with Crippen LogP contribution >= 0.6 is 24.0 Å². The molecule has 9 heteroatoms. The maximum absolute atomic E-state index is 12.0. The number of anilines is 1. The van der Waals surface area contributed by atoms with Gasteiger partial charge in [0, 0.05) is 51.9 Å². The highest BCUT2D eigenvalue weighted by Gasteiger charge is 2.21. The molecule has 0 aromatic carbocycles. The van der Waals surface area contributed by atoms with Crippen molar-refractivity contribution in [1.82, 2.24) is 20.5 Å². The summed E-state index contributed by atoms with van der Waals surface area (Å²) in [5.41, 5.74) is 1.04. The molecule has 2 aromatic rings. The summed E-state index contributed by atoms with van der Waals surface area (Å²) in [6, 6.07) is 10.3. The van der Waals surface area contributed by atoms with Gasteiger partial charge in [0.1, 0.15) is 18.1 Å². The van der Waals surface area contributed by atoms with E-state index < -0.39 is 0 Å². The summed E-state index contributed by atoms with van der Waals surface area (Å²) in [4.78, 5) is 25.0. The fraction of sp³-hybridized carbons (Fsp3) is 0.500. The lowest BCUT2D eigenvalue weighted by Gasteiger charge is -2.34. The second-order valence-corrected chi connectivity index (χ2v) is 7.75. The zero-order valence-corrected chi connectivity index (χ0v) is 20.8. The van der Waals surface area contributed by atoms with Crippen molar-refractivity contribution in [3.8, 4) is 0 Å². The molecule has 0 bridgehead atoms. The van der Waals surface area contributed by atoms with Gasteiger partial charge in [0.15, 0.2) is 5.96 Å². The first kappa shape index (κ1) is 25.0. The maximum Gasteiger partial charge on any atom is 0.243 e. The molecule has 31 heavy (non-hydrogen) atoms. The third-order valence-electron chi connectivity index (χ3n) is 5.15. The van der Waals surface area contributed by atoms with Gasteiger partial charge in [-0.1, -0.05) is 6.07 Å². The Hall–Kier alpha value is -2.30. The molecular weight excluding hydrogens is 507 g/mol. The molecule has 1 aliphatic heterocycles. The fourth-order valence-electron chi connectivity index (χ4n) is 3.35. The van der Waals surface area contributed by atoms with Gasteiger partial charge in [-0.2, -0.15) is 0 Å². The molecule has 0 saturated carbocycles. The summed E-state index contributed by atoms with van der Waals surface area (Å²) in [7, 11) is 3.48. The third kappa shape index (κ3) is 8.04. The topological polar surface area (TPSA) is 86.0 Å². The largest absolute Gasteiger partial charge is 0.469 e. The molecule has 3 heterocycles. The molecule has 2 N–H and O–H groups in total. The molecule has 8 nitrogen and oxygen atoms in total. The van der Waals surface area contributed by atoms with Crippen molar-refractivity contribution in [3.05, 3.63) is 48.0 Å². The standard InChI is InChI=1S/C22H32N6O2.HI/c1-17-6-4-8-20(25-17)28-13-10-18(11-14-28)26-22(24-16-21(29)27(2)3)23-12-9-19-7-5-15-30-19;/h4-8,15,18H,9-14,16H2,1-3H3,(H2,23,24,26);1H. The van der Waals surface area contributed by atoms with Gasteiger partial charge in [0.05, 0.1) is 6.26 Å². The predicted molar refractivity (Wildman–Crippen MR) is 134 cm³/mol. The van der Waals surface area contributed by atoms with E-state index in [4.69, 9.17) is 4.42 Å². The van der Waals surface area contributed by atoms with Gasteiger partial charge in [-0.25, -0.2) is 9.98 Å². The fourth-order valence-corrected chi connectivity index (χ4v) is 3.35. The number of piperidine rings is 1. The van der Waals surface area contributed by atoms with Crippen molar-refractivity contribution >= 4 is 41.7 Å². The van der Waals surface area contributed by atoms with Gasteiger partial charge in [-0.05, 0) is 44.0 Å². The summed E-state index contributed by atoms with van der Waals surface area (Å²) in [6.45, 7) is 4.69. The molecule has 0 radical (unpaired) electrons. The number of halogens is 1. The zero-order chi connectivity index (χ0) is 21.3. The Bertz CT molecular complexity index is 832. The second kappa shape index (κ2) is 12.5. The molecule has 0 unspecified atom stereocenters. The van der Waals surface area contributed by atoms with E-state index in [-0.39, 0.29) is 36.4 Å². The van der Waals surface area contributed by atoms with Crippen molar-refractivity contribution in [2.45, 2.75) is 32.2 Å². The van der Waals surface area contributed by atoms with Crippen LogP contribution in [0, 0.1) is 6.92 Å². The van der Waals surface area contributed by atoms with Gasteiger partial charge in [-0.3, -0.25) is 4.79 Å². The Morgan fingerprint density at radius 2 is 2.03 bits per heavy atom. The molecule has 1 amide bonds. The summed E-state index contributed by atoms with van der Waals surface area (Å²) < 4.78 is 5.38. The summed E-state index contributed by atoms with van der Waals surface area (Å²) in [6.07, 6.45) is 4.40. The molecule has 1 saturated heterocycles. The van der Waals surface area contributed by atoms with E-state index in [1.54, 1.807) is 25.3 Å². The van der Waals surface area contributed by atoms with Crippen LogP contribution in [0.4, 0.5) is 5.82 Å². The number of aliphatic imine (C=N–C) groups is 1. The van der Waals surface area contributed by atoms with Crippen LogP contribution in [0.25, 0.3) is 0 Å². The molecule has 0 spiro atoms. The van der Waals surface area contributed by atoms with Crippen LogP contribution in [-0.4, -0.2) is 68.1 Å². The van der Waals surface area contributed by atoms with E-state index in [1.165, 1.54) is 0 Å². The van der Waals surface area contributed by atoms with E-state index >= 15 is 0 Å². The lowest BCUT2D eigenvalue weighted by Crippen LogP contribution is -2.49. The monoisotopic (exact) mass is 540 g/mol. The predicted octanol–water partition coefficient (Wildman–Crippen LogP) is 2.44. The molecule has 0 aliphatic carbocycles. The normalized spacial score (nSPS) is 14.7. The molecule has 0 atom stereocenters.